The fraction of sp³-hybridized carbons (Fsp3) is 0.412. The first-order valence-corrected chi connectivity index (χ1v) is 7.81. The van der Waals surface area contributed by atoms with Gasteiger partial charge in [-0.3, -0.25) is 4.79 Å². The highest BCUT2D eigenvalue weighted by Crippen LogP contribution is 2.22. The molecule has 0 radical (unpaired) electrons. The van der Waals surface area contributed by atoms with Crippen molar-refractivity contribution >= 4 is 5.91 Å². The lowest BCUT2D eigenvalue weighted by Gasteiger charge is -2.31. The number of carbonyl (C=O) groups is 1. The molecule has 1 aromatic heterocycles. The lowest BCUT2D eigenvalue weighted by Crippen LogP contribution is -2.44. The van der Waals surface area contributed by atoms with Crippen molar-refractivity contribution in [1.82, 2.24) is 14.7 Å². The standard InChI is InChI=1S/C17H19F2N3O2/c1-10-9-21(6-7-24-10)17(23)16-11(2)20-22(12(16)3)15-5-4-13(18)8-14(15)19/h4-5,8,10H,6-7,9H2,1-3H3/t10-/m1/s1. The van der Waals surface area contributed by atoms with E-state index in [1.807, 2.05) is 6.92 Å². The van der Waals surface area contributed by atoms with E-state index in [9.17, 15) is 13.6 Å². The normalized spacial score (nSPS) is 18.0. The second kappa shape index (κ2) is 6.32. The van der Waals surface area contributed by atoms with Crippen molar-refractivity contribution in [1.29, 1.82) is 0 Å². The third-order valence-corrected chi connectivity index (χ3v) is 4.17. The minimum Gasteiger partial charge on any atom is -0.375 e. The fourth-order valence-corrected chi connectivity index (χ4v) is 3.00. The van der Waals surface area contributed by atoms with Crippen LogP contribution in [0, 0.1) is 25.5 Å². The summed E-state index contributed by atoms with van der Waals surface area (Å²) in [7, 11) is 0. The van der Waals surface area contributed by atoms with Crippen molar-refractivity contribution in [3.63, 3.8) is 0 Å². The van der Waals surface area contributed by atoms with Crippen LogP contribution >= 0.6 is 0 Å². The predicted molar refractivity (Wildman–Crippen MR) is 84.3 cm³/mol. The zero-order chi connectivity index (χ0) is 17.4. The molecule has 1 atom stereocenters. The molecule has 2 aromatic rings. The number of aryl methyl sites for hydroxylation is 1. The minimum absolute atomic E-state index is 0.0205. The van der Waals surface area contributed by atoms with E-state index in [2.05, 4.69) is 5.10 Å². The number of ether oxygens (including phenoxy) is 1. The van der Waals surface area contributed by atoms with Gasteiger partial charge in [0.15, 0.2) is 5.82 Å². The van der Waals surface area contributed by atoms with Crippen molar-refractivity contribution < 1.29 is 18.3 Å². The SMILES string of the molecule is Cc1nn(-c2ccc(F)cc2F)c(C)c1C(=O)N1CCO[C@H](C)C1. The molecule has 1 fully saturated rings. The molecule has 128 valence electrons. The average molecular weight is 335 g/mol. The summed E-state index contributed by atoms with van der Waals surface area (Å²) in [5, 5.41) is 4.28. The summed E-state index contributed by atoms with van der Waals surface area (Å²) in [5.74, 6) is -1.52. The Morgan fingerprint density at radius 2 is 2.08 bits per heavy atom. The van der Waals surface area contributed by atoms with E-state index >= 15 is 0 Å². The first-order chi connectivity index (χ1) is 11.4. The molecule has 7 heteroatoms. The van der Waals surface area contributed by atoms with Gasteiger partial charge in [-0.05, 0) is 32.9 Å². The lowest BCUT2D eigenvalue weighted by molar-refractivity contribution is -0.0124. The third kappa shape index (κ3) is 2.91. The number of morpholine rings is 1. The summed E-state index contributed by atoms with van der Waals surface area (Å²) < 4.78 is 34.0. The van der Waals surface area contributed by atoms with Gasteiger partial charge in [-0.1, -0.05) is 0 Å². The number of amides is 1. The van der Waals surface area contributed by atoms with Crippen molar-refractivity contribution in [2.24, 2.45) is 0 Å². The van der Waals surface area contributed by atoms with E-state index in [4.69, 9.17) is 4.74 Å². The van der Waals surface area contributed by atoms with E-state index in [-0.39, 0.29) is 17.7 Å². The lowest BCUT2D eigenvalue weighted by atomic mass is 10.1. The molecule has 0 spiro atoms. The summed E-state index contributed by atoms with van der Waals surface area (Å²) in [4.78, 5) is 14.6. The largest absolute Gasteiger partial charge is 0.375 e. The zero-order valence-electron chi connectivity index (χ0n) is 13.8. The number of benzene rings is 1. The third-order valence-electron chi connectivity index (χ3n) is 4.17. The Morgan fingerprint density at radius 1 is 1.33 bits per heavy atom. The van der Waals surface area contributed by atoms with Crippen LogP contribution in [-0.4, -0.2) is 46.4 Å². The minimum atomic E-state index is -0.723. The van der Waals surface area contributed by atoms with E-state index in [1.54, 1.807) is 18.7 Å². The van der Waals surface area contributed by atoms with Gasteiger partial charge in [0, 0.05) is 19.2 Å². The number of halogens is 2. The summed E-state index contributed by atoms with van der Waals surface area (Å²) in [6, 6.07) is 3.28. The van der Waals surface area contributed by atoms with Crippen LogP contribution in [-0.2, 0) is 4.74 Å². The molecule has 1 amide bonds. The van der Waals surface area contributed by atoms with Gasteiger partial charge in [0.25, 0.3) is 5.91 Å². The van der Waals surface area contributed by atoms with Crippen LogP contribution in [0.5, 0.6) is 0 Å². The highest BCUT2D eigenvalue weighted by atomic mass is 19.1. The van der Waals surface area contributed by atoms with Gasteiger partial charge in [-0.25, -0.2) is 13.5 Å². The highest BCUT2D eigenvalue weighted by Gasteiger charge is 2.28. The number of hydrogen-bond acceptors (Lipinski definition) is 3. The van der Waals surface area contributed by atoms with Crippen LogP contribution in [0.15, 0.2) is 18.2 Å². The average Bonchev–Trinajstić information content (AvgIpc) is 2.81. The predicted octanol–water partition coefficient (Wildman–Crippen LogP) is 2.63. The summed E-state index contributed by atoms with van der Waals surface area (Å²) in [6.45, 7) is 6.84. The number of carbonyl (C=O) groups excluding carboxylic acids is 1. The number of nitrogens with zero attached hydrogens (tertiary/aromatic N) is 3. The van der Waals surface area contributed by atoms with Crippen LogP contribution in [0.2, 0.25) is 0 Å². The van der Waals surface area contributed by atoms with Crippen LogP contribution < -0.4 is 0 Å². The molecule has 0 N–H and O–H groups in total. The smallest absolute Gasteiger partial charge is 0.257 e. The molecule has 1 aliphatic heterocycles. The molecular formula is C17H19F2N3O2. The van der Waals surface area contributed by atoms with Crippen molar-refractivity contribution in [3.05, 3.63) is 46.8 Å². The highest BCUT2D eigenvalue weighted by molar-refractivity contribution is 5.96. The van der Waals surface area contributed by atoms with Gasteiger partial charge in [0.2, 0.25) is 0 Å². The van der Waals surface area contributed by atoms with Crippen LogP contribution in [0.25, 0.3) is 5.69 Å². The zero-order valence-corrected chi connectivity index (χ0v) is 13.8. The summed E-state index contributed by atoms with van der Waals surface area (Å²) >= 11 is 0. The van der Waals surface area contributed by atoms with Crippen LogP contribution in [0.1, 0.15) is 28.7 Å². The van der Waals surface area contributed by atoms with Crippen molar-refractivity contribution in [2.45, 2.75) is 26.9 Å². The second-order valence-electron chi connectivity index (χ2n) is 5.99. The Balaban J connectivity index is 1.99. The quantitative estimate of drug-likeness (QED) is 0.848. The topological polar surface area (TPSA) is 47.4 Å². The van der Waals surface area contributed by atoms with Crippen molar-refractivity contribution in [3.8, 4) is 5.69 Å². The Bertz CT molecular complexity index is 788. The molecule has 2 heterocycles. The monoisotopic (exact) mass is 335 g/mol. The van der Waals surface area contributed by atoms with E-state index in [0.29, 0.717) is 36.6 Å². The Kier molecular flexibility index (Phi) is 4.36. The molecule has 1 aromatic carbocycles. The molecule has 0 saturated carbocycles. The van der Waals surface area contributed by atoms with E-state index in [1.165, 1.54) is 16.8 Å². The maximum atomic E-state index is 14.1. The maximum absolute atomic E-state index is 14.1. The van der Waals surface area contributed by atoms with E-state index < -0.39 is 11.6 Å². The summed E-state index contributed by atoms with van der Waals surface area (Å²) in [6.07, 6.45) is -0.0205. The molecule has 1 aliphatic rings. The molecule has 3 rings (SSSR count). The van der Waals surface area contributed by atoms with Gasteiger partial charge < -0.3 is 9.64 Å². The van der Waals surface area contributed by atoms with Gasteiger partial charge in [0.1, 0.15) is 11.5 Å². The maximum Gasteiger partial charge on any atom is 0.257 e. The second-order valence-corrected chi connectivity index (χ2v) is 5.99. The molecular weight excluding hydrogens is 316 g/mol. The summed E-state index contributed by atoms with van der Waals surface area (Å²) in [5.41, 5.74) is 1.61. The van der Waals surface area contributed by atoms with Gasteiger partial charge >= 0.3 is 0 Å². The Labute approximate surface area is 138 Å². The molecule has 0 unspecified atom stereocenters. The van der Waals surface area contributed by atoms with Gasteiger partial charge in [-0.2, -0.15) is 5.10 Å². The number of rotatable bonds is 2. The molecule has 0 bridgehead atoms. The Morgan fingerprint density at radius 3 is 2.75 bits per heavy atom. The number of hydrogen-bond donors (Lipinski definition) is 0. The first-order valence-electron chi connectivity index (χ1n) is 7.81. The molecule has 0 aliphatic carbocycles. The van der Waals surface area contributed by atoms with Crippen LogP contribution in [0.3, 0.4) is 0 Å². The molecule has 24 heavy (non-hydrogen) atoms. The first kappa shape index (κ1) is 16.6. The van der Waals surface area contributed by atoms with E-state index in [0.717, 1.165) is 6.07 Å². The van der Waals surface area contributed by atoms with Gasteiger partial charge in [-0.15, -0.1) is 0 Å². The van der Waals surface area contributed by atoms with Crippen LogP contribution in [0.4, 0.5) is 8.78 Å². The van der Waals surface area contributed by atoms with Crippen molar-refractivity contribution in [2.75, 3.05) is 19.7 Å². The fourth-order valence-electron chi connectivity index (χ4n) is 3.00. The number of aromatic nitrogens is 2. The molecule has 5 nitrogen and oxygen atoms in total. The Hall–Kier alpha value is -2.28. The van der Waals surface area contributed by atoms with Gasteiger partial charge in [0.05, 0.1) is 29.7 Å². The molecule has 1 saturated heterocycles.